The second-order valence-electron chi connectivity index (χ2n) is 11.2. The minimum absolute atomic E-state index is 0.0339. The highest BCUT2D eigenvalue weighted by Crippen LogP contribution is 2.45. The van der Waals surface area contributed by atoms with Crippen LogP contribution in [0.1, 0.15) is 52.8 Å². The Morgan fingerprint density at radius 2 is 1.53 bits per heavy atom. The molecule has 1 aliphatic carbocycles. The molecule has 8 N–H and O–H groups in total. The largest absolute Gasteiger partial charge is 0.748 e. The van der Waals surface area contributed by atoms with E-state index in [1.165, 1.54) is 24.3 Å². The van der Waals surface area contributed by atoms with Crippen LogP contribution in [0.3, 0.4) is 0 Å². The third-order valence-corrected chi connectivity index (χ3v) is 10.8. The number of unbranched alkanes of at least 4 members (excludes halogenated alkanes) is 2. The molecule has 0 aromatic heterocycles. The van der Waals surface area contributed by atoms with Crippen LogP contribution in [-0.2, 0) is 35.1 Å². The maximum atomic E-state index is 13.5. The van der Waals surface area contributed by atoms with Gasteiger partial charge < -0.3 is 34.8 Å². The molecule has 0 radical (unpaired) electrons. The van der Waals surface area contributed by atoms with Crippen molar-refractivity contribution in [2.24, 2.45) is 0 Å². The van der Waals surface area contributed by atoms with Gasteiger partial charge in [0.05, 0.1) is 21.4 Å². The fourth-order valence-corrected chi connectivity index (χ4v) is 7.88. The van der Waals surface area contributed by atoms with E-state index in [-0.39, 0.29) is 40.6 Å². The molecule has 0 bridgehead atoms. The predicted molar refractivity (Wildman–Crippen MR) is 175 cm³/mol. The zero-order valence-corrected chi connectivity index (χ0v) is 28.8. The molecule has 21 heteroatoms. The third kappa shape index (κ3) is 9.06. The molecule has 0 spiro atoms. The first kappa shape index (κ1) is 38.9. The van der Waals surface area contributed by atoms with Gasteiger partial charge in [0.25, 0.3) is 5.91 Å². The molecule has 0 atom stereocenters. The van der Waals surface area contributed by atoms with Gasteiger partial charge in [0, 0.05) is 53.4 Å². The van der Waals surface area contributed by atoms with Crippen molar-refractivity contribution in [1.82, 2.24) is 10.0 Å². The van der Waals surface area contributed by atoms with Crippen LogP contribution in [0.2, 0.25) is 0 Å². The molecule has 1 heterocycles. The number of anilines is 1. The van der Waals surface area contributed by atoms with Crippen molar-refractivity contribution in [1.29, 1.82) is 0 Å². The molecular formula is C30H31N4O14S3-. The van der Waals surface area contributed by atoms with Crippen LogP contribution in [-0.4, -0.2) is 81.3 Å². The lowest BCUT2D eigenvalue weighted by Crippen LogP contribution is -2.47. The van der Waals surface area contributed by atoms with Crippen LogP contribution in [0.15, 0.2) is 56.7 Å². The van der Waals surface area contributed by atoms with Crippen molar-refractivity contribution in [3.05, 3.63) is 58.9 Å². The molecule has 0 saturated carbocycles. The molecule has 1 aliphatic heterocycles. The summed E-state index contributed by atoms with van der Waals surface area (Å²) in [5, 5.41) is 26.8. The Morgan fingerprint density at radius 1 is 0.843 bits per heavy atom. The summed E-state index contributed by atoms with van der Waals surface area (Å²) in [6.45, 7) is -0.395. The van der Waals surface area contributed by atoms with Gasteiger partial charge in [0.1, 0.15) is 15.0 Å². The van der Waals surface area contributed by atoms with Gasteiger partial charge in [-0.05, 0) is 55.2 Å². The molecule has 51 heavy (non-hydrogen) atoms. The second-order valence-corrected chi connectivity index (χ2v) is 15.7. The minimum Gasteiger partial charge on any atom is -0.748 e. The number of carboxylic acid groups (broad SMARTS) is 2. The summed E-state index contributed by atoms with van der Waals surface area (Å²) >= 11 is 0. The summed E-state index contributed by atoms with van der Waals surface area (Å²) in [5.74, 6) is -4.81. The van der Waals surface area contributed by atoms with Crippen molar-refractivity contribution >= 4 is 64.8 Å². The van der Waals surface area contributed by atoms with E-state index in [1.54, 1.807) is 0 Å². The number of aromatic carboxylic acids is 1. The quantitative estimate of drug-likeness (QED) is 0.0367. The summed E-state index contributed by atoms with van der Waals surface area (Å²) < 4.78 is 105. The maximum absolute atomic E-state index is 13.5. The average Bonchev–Trinajstić information content (AvgIpc) is 3.01. The first-order chi connectivity index (χ1) is 23.7. The number of benzene rings is 3. The van der Waals surface area contributed by atoms with E-state index in [4.69, 9.17) is 20.7 Å². The molecule has 2 aromatic carbocycles. The lowest BCUT2D eigenvalue weighted by atomic mass is 9.89. The SMILES string of the molecule is Nc1ccc2c(-c3ccc(C(=O)NCCCCCC(=O)O)cc3C(=O)O)c3ccc(=[NH2+])c(S(=O)(=O)[O-])c-3oc2c1S(=O)(=O)NCCCS(=O)(=O)[O-]. The number of nitrogen functional groups attached to an aromatic ring is 1. The number of aliphatic carboxylic acids is 1. The molecular weight excluding hydrogens is 737 g/mol. The van der Waals surface area contributed by atoms with Gasteiger partial charge in [0.2, 0.25) is 15.4 Å². The average molecular weight is 768 g/mol. The van der Waals surface area contributed by atoms with Gasteiger partial charge >= 0.3 is 11.9 Å². The Bertz CT molecular complexity index is 2410. The van der Waals surface area contributed by atoms with Gasteiger partial charge in [-0.3, -0.25) is 15.0 Å². The normalized spacial score (nSPS) is 12.3. The van der Waals surface area contributed by atoms with Crippen LogP contribution >= 0.6 is 0 Å². The standard InChI is InChI=1S/C30H32N4O14S3/c31-21-10-8-18-24(17-7-6-16(15-20(17)30(38)39)29(37)33-12-3-1-2-5-23(35)36)19-9-11-22(32)28(51(45,46)47)26(19)48-25(18)27(21)50(43,44)34-13-4-14-49(40,41)42/h6-11,15,32,34H,1-5,12-14,31H2,(H,33,37)(H,35,36)(H,38,39)(H,40,41,42)(H,45,46,47)/p-1. The van der Waals surface area contributed by atoms with E-state index >= 15 is 0 Å². The van der Waals surface area contributed by atoms with Crippen molar-refractivity contribution in [2.75, 3.05) is 24.6 Å². The number of carbonyl (C=O) groups excluding carboxylic acids is 1. The monoisotopic (exact) mass is 767 g/mol. The third-order valence-electron chi connectivity index (χ3n) is 7.54. The van der Waals surface area contributed by atoms with Crippen LogP contribution in [0.5, 0.6) is 0 Å². The first-order valence-electron chi connectivity index (χ1n) is 14.9. The van der Waals surface area contributed by atoms with E-state index in [9.17, 15) is 53.8 Å². The number of carbonyl (C=O) groups is 3. The number of carboxylic acids is 2. The minimum atomic E-state index is -5.43. The summed E-state index contributed by atoms with van der Waals surface area (Å²) in [5.41, 5.74) is 3.86. The number of hydrogen-bond acceptors (Lipinski definition) is 13. The van der Waals surface area contributed by atoms with Gasteiger partial charge in [-0.25, -0.2) is 34.8 Å². The van der Waals surface area contributed by atoms with Gasteiger partial charge in [0.15, 0.2) is 16.2 Å². The van der Waals surface area contributed by atoms with Gasteiger partial charge in [-0.1, -0.05) is 12.5 Å². The number of nitrogens with two attached hydrogens (primary N) is 2. The van der Waals surface area contributed by atoms with E-state index in [2.05, 4.69) is 10.0 Å². The van der Waals surface area contributed by atoms with Crippen LogP contribution < -0.4 is 26.5 Å². The summed E-state index contributed by atoms with van der Waals surface area (Å²) in [6.07, 6.45) is 0.891. The summed E-state index contributed by atoms with van der Waals surface area (Å²) in [7, 11) is -14.9. The number of nitrogens with one attached hydrogen (secondary N) is 2. The van der Waals surface area contributed by atoms with E-state index in [1.807, 2.05) is 0 Å². The van der Waals surface area contributed by atoms with Crippen LogP contribution in [0.25, 0.3) is 33.4 Å². The highest BCUT2D eigenvalue weighted by molar-refractivity contribution is 7.90. The molecule has 2 aromatic rings. The van der Waals surface area contributed by atoms with Crippen LogP contribution in [0, 0.1) is 0 Å². The first-order valence-corrected chi connectivity index (χ1v) is 19.4. The number of sulfonamides is 1. The Balaban J connectivity index is 1.94. The maximum Gasteiger partial charge on any atom is 0.336 e. The fraction of sp³-hybridized carbons (Fsp3) is 0.267. The van der Waals surface area contributed by atoms with Crippen LogP contribution in [0.4, 0.5) is 5.69 Å². The van der Waals surface area contributed by atoms with Crippen molar-refractivity contribution in [2.45, 2.75) is 41.9 Å². The van der Waals surface area contributed by atoms with Gasteiger partial charge in [-0.2, -0.15) is 0 Å². The highest BCUT2D eigenvalue weighted by Gasteiger charge is 2.31. The van der Waals surface area contributed by atoms with Crippen molar-refractivity contribution < 1.29 is 68.8 Å². The molecule has 274 valence electrons. The Kier molecular flexibility index (Phi) is 11.5. The lowest BCUT2D eigenvalue weighted by Gasteiger charge is -2.21. The molecule has 18 nitrogen and oxygen atoms in total. The molecule has 2 aliphatic rings. The zero-order chi connectivity index (χ0) is 37.9. The number of fused-ring (bicyclic) bond motifs is 2. The van der Waals surface area contributed by atoms with E-state index in [0.717, 1.165) is 18.2 Å². The number of amides is 1. The Morgan fingerprint density at radius 3 is 2.16 bits per heavy atom. The van der Waals surface area contributed by atoms with Gasteiger partial charge in [-0.15, -0.1) is 0 Å². The van der Waals surface area contributed by atoms with Crippen molar-refractivity contribution in [3.8, 4) is 22.5 Å². The Hall–Kier alpha value is -4.93. The highest BCUT2D eigenvalue weighted by atomic mass is 32.2. The van der Waals surface area contributed by atoms with Crippen molar-refractivity contribution in [3.63, 3.8) is 0 Å². The molecule has 1 amide bonds. The van der Waals surface area contributed by atoms with E-state index in [0.29, 0.717) is 19.3 Å². The molecule has 0 saturated heterocycles. The van der Waals surface area contributed by atoms with E-state index < -0.39 is 105 Å². The number of rotatable bonds is 16. The lowest BCUT2D eigenvalue weighted by molar-refractivity contribution is -0.176. The smallest absolute Gasteiger partial charge is 0.336 e. The second kappa shape index (κ2) is 15.1. The Labute approximate surface area is 290 Å². The summed E-state index contributed by atoms with van der Waals surface area (Å²) in [6, 6.07) is 8.16. The topological polar surface area (TPSA) is 329 Å². The molecule has 4 rings (SSSR count). The predicted octanol–water partition coefficient (Wildman–Crippen LogP) is -0.363. The fourth-order valence-electron chi connectivity index (χ4n) is 5.31. The zero-order valence-electron chi connectivity index (χ0n) is 26.4. The molecule has 0 unspecified atom stereocenters. The molecule has 0 fully saturated rings. The number of hydrogen-bond donors (Lipinski definition) is 6. The summed E-state index contributed by atoms with van der Waals surface area (Å²) in [4.78, 5) is 34.4.